The molecule has 0 aliphatic rings. The van der Waals surface area contributed by atoms with Crippen molar-refractivity contribution in [2.45, 2.75) is 0 Å². The van der Waals surface area contributed by atoms with Crippen molar-refractivity contribution in [1.29, 1.82) is 0 Å². The maximum atomic E-state index is 6.00. The number of rotatable bonds is 1. The molecule has 2 rings (SSSR count). The van der Waals surface area contributed by atoms with Crippen molar-refractivity contribution in [2.24, 2.45) is 0 Å². The van der Waals surface area contributed by atoms with E-state index >= 15 is 0 Å². The first kappa shape index (κ1) is 11.3. The molecule has 2 heteroatoms. The molecule has 16 heavy (non-hydrogen) atoms. The van der Waals surface area contributed by atoms with Crippen LogP contribution in [0.2, 0.25) is 5.02 Å². The Kier molecular flexibility index (Phi) is 3.33. The summed E-state index contributed by atoms with van der Waals surface area (Å²) in [5.74, 6) is 2.59. The van der Waals surface area contributed by atoms with E-state index in [9.17, 15) is 0 Å². The first-order valence-electron chi connectivity index (χ1n) is 4.72. The van der Waals surface area contributed by atoms with Gasteiger partial charge < -0.3 is 0 Å². The Morgan fingerprint density at radius 2 is 1.69 bits per heavy atom. The third kappa shape index (κ3) is 2.47. The predicted octanol–water partition coefficient (Wildman–Crippen LogP) is 4.75. The van der Waals surface area contributed by atoms with E-state index < -0.39 is 0 Å². The first-order valence-corrected chi connectivity index (χ1v) is 5.89. The van der Waals surface area contributed by atoms with Crippen LogP contribution in [0.3, 0.4) is 0 Å². The lowest BCUT2D eigenvalue weighted by atomic mass is 10.0. The van der Waals surface area contributed by atoms with E-state index in [1.807, 2.05) is 42.5 Å². The normalized spacial score (nSPS) is 9.81. The maximum absolute atomic E-state index is 6.00. The van der Waals surface area contributed by atoms with Gasteiger partial charge in [-0.3, -0.25) is 0 Å². The van der Waals surface area contributed by atoms with Gasteiger partial charge in [0.25, 0.3) is 0 Å². The van der Waals surface area contributed by atoms with E-state index in [4.69, 9.17) is 18.0 Å². The number of hydrogen-bond acceptors (Lipinski definition) is 0. The van der Waals surface area contributed by atoms with Crippen molar-refractivity contribution in [1.82, 2.24) is 0 Å². The summed E-state index contributed by atoms with van der Waals surface area (Å²) in [7, 11) is 0. The molecule has 2 aromatic rings. The Hall–Kier alpha value is -1.23. The van der Waals surface area contributed by atoms with Gasteiger partial charge in [-0.25, -0.2) is 0 Å². The van der Waals surface area contributed by atoms with Crippen molar-refractivity contribution in [3.8, 4) is 23.5 Å². The van der Waals surface area contributed by atoms with Gasteiger partial charge in [0.05, 0.1) is 0 Å². The number of benzene rings is 2. The van der Waals surface area contributed by atoms with Crippen molar-refractivity contribution >= 4 is 27.5 Å². The highest BCUT2D eigenvalue weighted by Crippen LogP contribution is 2.27. The van der Waals surface area contributed by atoms with Crippen LogP contribution in [0.5, 0.6) is 0 Å². The lowest BCUT2D eigenvalue weighted by Crippen LogP contribution is -1.80. The summed E-state index contributed by atoms with van der Waals surface area (Å²) >= 11 is 9.42. The van der Waals surface area contributed by atoms with Crippen LogP contribution in [0.25, 0.3) is 11.1 Å². The van der Waals surface area contributed by atoms with Gasteiger partial charge >= 0.3 is 0 Å². The molecule has 0 unspecified atom stereocenters. The van der Waals surface area contributed by atoms with Gasteiger partial charge in [0, 0.05) is 15.1 Å². The van der Waals surface area contributed by atoms with Gasteiger partial charge in [-0.1, -0.05) is 45.6 Å². The Labute approximate surface area is 108 Å². The summed E-state index contributed by atoms with van der Waals surface area (Å²) in [5, 5.41) is 0.713. The minimum atomic E-state index is 0.713. The van der Waals surface area contributed by atoms with E-state index in [2.05, 4.69) is 21.9 Å². The van der Waals surface area contributed by atoms with Crippen molar-refractivity contribution < 1.29 is 0 Å². The van der Waals surface area contributed by atoms with E-state index in [1.54, 1.807) is 0 Å². The fraction of sp³-hybridized carbons (Fsp3) is 0. The Morgan fingerprint density at radius 1 is 1.00 bits per heavy atom. The number of halogens is 2. The van der Waals surface area contributed by atoms with Gasteiger partial charge in [0.15, 0.2) is 0 Å². The van der Waals surface area contributed by atoms with Crippen LogP contribution < -0.4 is 0 Å². The molecule has 0 N–H and O–H groups in total. The van der Waals surface area contributed by atoms with Crippen LogP contribution in [0, 0.1) is 12.3 Å². The highest BCUT2D eigenvalue weighted by molar-refractivity contribution is 9.10. The monoisotopic (exact) mass is 290 g/mol. The molecule has 0 saturated carbocycles. The minimum absolute atomic E-state index is 0.713. The van der Waals surface area contributed by atoms with Gasteiger partial charge in [0.1, 0.15) is 0 Å². The summed E-state index contributed by atoms with van der Waals surface area (Å²) in [4.78, 5) is 0. The molecule has 0 spiro atoms. The molecule has 0 fully saturated rings. The van der Waals surface area contributed by atoms with Crippen LogP contribution in [0.4, 0.5) is 0 Å². The zero-order valence-electron chi connectivity index (χ0n) is 8.37. The second-order valence-corrected chi connectivity index (χ2v) is 4.73. The van der Waals surface area contributed by atoms with Gasteiger partial charge in [-0.05, 0) is 41.5 Å². The molecule has 0 radical (unpaired) electrons. The average molecular weight is 292 g/mol. The van der Waals surface area contributed by atoms with Crippen LogP contribution in [0.15, 0.2) is 46.9 Å². The van der Waals surface area contributed by atoms with Crippen molar-refractivity contribution in [3.63, 3.8) is 0 Å². The molecule has 0 nitrogen and oxygen atoms in total. The van der Waals surface area contributed by atoms with E-state index in [0.717, 1.165) is 21.2 Å². The zero-order chi connectivity index (χ0) is 11.5. The fourth-order valence-corrected chi connectivity index (χ4v) is 2.34. The largest absolute Gasteiger partial charge is 0.115 e. The molecule has 0 aliphatic carbocycles. The lowest BCUT2D eigenvalue weighted by molar-refractivity contribution is 1.57. The Bertz CT molecular complexity index is 530. The van der Waals surface area contributed by atoms with Crippen molar-refractivity contribution in [2.75, 3.05) is 0 Å². The molecule has 0 atom stereocenters. The smallest absolute Gasteiger partial charge is 0.0423 e. The van der Waals surface area contributed by atoms with Crippen molar-refractivity contribution in [3.05, 3.63) is 57.5 Å². The van der Waals surface area contributed by atoms with E-state index in [0.29, 0.717) is 5.02 Å². The quantitative estimate of drug-likeness (QED) is 0.665. The average Bonchev–Trinajstić information content (AvgIpc) is 2.28. The predicted molar refractivity (Wildman–Crippen MR) is 72.5 cm³/mol. The molecule has 0 aromatic heterocycles. The highest BCUT2D eigenvalue weighted by atomic mass is 79.9. The van der Waals surface area contributed by atoms with E-state index in [1.165, 1.54) is 0 Å². The SMILES string of the molecule is C#Cc1ccc(-c2cc(Cl)cc(Br)c2)cc1. The molecule has 0 bridgehead atoms. The zero-order valence-corrected chi connectivity index (χ0v) is 10.7. The molecule has 78 valence electrons. The van der Waals surface area contributed by atoms with Crippen LogP contribution >= 0.6 is 27.5 Å². The van der Waals surface area contributed by atoms with Gasteiger partial charge in [-0.2, -0.15) is 0 Å². The third-order valence-electron chi connectivity index (χ3n) is 2.25. The summed E-state index contributed by atoms with van der Waals surface area (Å²) in [6.45, 7) is 0. The Morgan fingerprint density at radius 3 is 2.25 bits per heavy atom. The molecular formula is C14H8BrCl. The molecule has 0 saturated heterocycles. The van der Waals surface area contributed by atoms with Crippen LogP contribution in [-0.4, -0.2) is 0 Å². The molecular weight excluding hydrogens is 284 g/mol. The van der Waals surface area contributed by atoms with Crippen LogP contribution in [-0.2, 0) is 0 Å². The summed E-state index contributed by atoms with van der Waals surface area (Å²) < 4.78 is 0.969. The van der Waals surface area contributed by atoms with Crippen LogP contribution in [0.1, 0.15) is 5.56 Å². The first-order chi connectivity index (χ1) is 7.69. The van der Waals surface area contributed by atoms with E-state index in [-0.39, 0.29) is 0 Å². The van der Waals surface area contributed by atoms with Gasteiger partial charge in [0.2, 0.25) is 0 Å². The highest BCUT2D eigenvalue weighted by Gasteiger charge is 2.00. The second-order valence-electron chi connectivity index (χ2n) is 3.38. The number of hydrogen-bond donors (Lipinski definition) is 0. The standard InChI is InChI=1S/C14H8BrCl/c1-2-10-3-5-11(6-4-10)12-7-13(15)9-14(16)8-12/h1,3-9H. The molecule has 2 aromatic carbocycles. The lowest BCUT2D eigenvalue weighted by Gasteiger charge is -2.03. The third-order valence-corrected chi connectivity index (χ3v) is 2.92. The Balaban J connectivity index is 2.47. The molecule has 0 amide bonds. The number of terminal acetylenes is 1. The molecule has 0 aliphatic heterocycles. The topological polar surface area (TPSA) is 0 Å². The summed E-state index contributed by atoms with van der Waals surface area (Å²) in [5.41, 5.74) is 3.05. The fourth-order valence-electron chi connectivity index (χ4n) is 1.48. The van der Waals surface area contributed by atoms with Gasteiger partial charge in [-0.15, -0.1) is 6.42 Å². The summed E-state index contributed by atoms with van der Waals surface area (Å²) in [6, 6.07) is 13.6. The minimum Gasteiger partial charge on any atom is -0.115 e. The molecule has 0 heterocycles. The summed E-state index contributed by atoms with van der Waals surface area (Å²) in [6.07, 6.45) is 5.31. The maximum Gasteiger partial charge on any atom is 0.0423 e. The second kappa shape index (κ2) is 4.74.